The average molecular weight is 463 g/mol. The van der Waals surface area contributed by atoms with Gasteiger partial charge in [-0.15, -0.1) is 10.2 Å². The highest BCUT2D eigenvalue weighted by Crippen LogP contribution is 2.27. The van der Waals surface area contributed by atoms with Crippen LogP contribution >= 0.6 is 0 Å². The second-order valence-corrected chi connectivity index (χ2v) is 7.67. The highest BCUT2D eigenvalue weighted by molar-refractivity contribution is 5.86. The van der Waals surface area contributed by atoms with Gasteiger partial charge in [0, 0.05) is 37.1 Å². The van der Waals surface area contributed by atoms with Gasteiger partial charge in [0.1, 0.15) is 5.75 Å². The van der Waals surface area contributed by atoms with Crippen LogP contribution in [-0.4, -0.2) is 41.7 Å². The van der Waals surface area contributed by atoms with Crippen LogP contribution in [0, 0.1) is 5.92 Å². The number of carbonyl (C=O) groups is 2. The molecule has 176 valence electrons. The van der Waals surface area contributed by atoms with Crippen LogP contribution in [0.4, 0.5) is 0 Å². The first-order chi connectivity index (χ1) is 16.6. The van der Waals surface area contributed by atoms with E-state index in [-0.39, 0.29) is 24.2 Å². The van der Waals surface area contributed by atoms with Crippen molar-refractivity contribution in [2.75, 3.05) is 19.7 Å². The Balaban J connectivity index is 1.17. The maximum absolute atomic E-state index is 12.2. The van der Waals surface area contributed by atoms with Crippen molar-refractivity contribution >= 4 is 11.8 Å². The Kier molecular flexibility index (Phi) is 7.59. The Morgan fingerprint density at radius 2 is 2.12 bits per heavy atom. The number of hydrogen-bond acceptors (Lipinski definition) is 8. The number of ether oxygens (including phenoxy) is 1. The monoisotopic (exact) mass is 462 g/mol. The smallest absolute Gasteiger partial charge is 0.276 e. The van der Waals surface area contributed by atoms with Crippen LogP contribution in [0.3, 0.4) is 0 Å². The average Bonchev–Trinajstić information content (AvgIpc) is 3.34. The van der Waals surface area contributed by atoms with Gasteiger partial charge < -0.3 is 19.9 Å². The molecule has 1 aromatic heterocycles. The Morgan fingerprint density at radius 3 is 3.00 bits per heavy atom. The van der Waals surface area contributed by atoms with Gasteiger partial charge in [0.25, 0.3) is 5.91 Å². The number of hydrogen-bond donors (Lipinski definition) is 2. The molecule has 0 saturated heterocycles. The summed E-state index contributed by atoms with van der Waals surface area (Å²) < 4.78 is 10.8. The molecule has 2 N–H and O–H groups in total. The molecule has 1 aliphatic carbocycles. The van der Waals surface area contributed by atoms with Crippen LogP contribution in [-0.2, 0) is 16.0 Å². The number of fused-ring (bicyclic) bond motifs is 1. The van der Waals surface area contributed by atoms with Crippen molar-refractivity contribution in [2.24, 2.45) is 16.1 Å². The van der Waals surface area contributed by atoms with Gasteiger partial charge in [-0.05, 0) is 25.5 Å². The Morgan fingerprint density at radius 1 is 1.21 bits per heavy atom. The van der Waals surface area contributed by atoms with Gasteiger partial charge in [0.05, 0.1) is 12.5 Å². The summed E-state index contributed by atoms with van der Waals surface area (Å²) in [5, 5.41) is 17.7. The predicted octanol–water partition coefficient (Wildman–Crippen LogP) is 3.11. The summed E-state index contributed by atoms with van der Waals surface area (Å²) in [5.41, 5.74) is 1.61. The van der Waals surface area contributed by atoms with E-state index in [1.54, 1.807) is 0 Å². The quantitative estimate of drug-likeness (QED) is 0.491. The van der Waals surface area contributed by atoms with Gasteiger partial charge in [-0.25, -0.2) is 0 Å². The summed E-state index contributed by atoms with van der Waals surface area (Å²) in [6.45, 7) is 3.59. The molecule has 1 aliphatic heterocycles. The minimum atomic E-state index is -0.372. The zero-order valence-electron chi connectivity index (χ0n) is 18.9. The van der Waals surface area contributed by atoms with Crippen molar-refractivity contribution in [3.8, 4) is 17.1 Å². The van der Waals surface area contributed by atoms with E-state index in [1.807, 2.05) is 55.5 Å². The van der Waals surface area contributed by atoms with Crippen LogP contribution in [0.25, 0.3) is 11.4 Å². The first kappa shape index (κ1) is 23.1. The topological polar surface area (TPSA) is 131 Å². The van der Waals surface area contributed by atoms with Crippen LogP contribution in [0.5, 0.6) is 5.75 Å². The normalized spacial score (nSPS) is 16.5. The standard InChI is InChI=1S/C24H26N6O4/c1-2-33-17-8-5-7-16(15-17)22-27-21(34-30-22)12-11-20(31)25-13-6-14-26-23-18-9-3-4-10-19(18)24(32)29-28-23/h3-5,7-10,15,19,26H,2,6,11-14H2,1H3,(H,25,31). The van der Waals surface area contributed by atoms with Crippen molar-refractivity contribution in [2.45, 2.75) is 26.2 Å². The number of allylic oxidation sites excluding steroid dienone is 3. The zero-order valence-corrected chi connectivity index (χ0v) is 18.9. The van der Waals surface area contributed by atoms with Crippen molar-refractivity contribution in [3.63, 3.8) is 0 Å². The molecular weight excluding hydrogens is 436 g/mol. The fourth-order valence-corrected chi connectivity index (χ4v) is 3.54. The number of azo groups is 1. The van der Waals surface area contributed by atoms with E-state index >= 15 is 0 Å². The lowest BCUT2D eigenvalue weighted by molar-refractivity contribution is -0.121. The van der Waals surface area contributed by atoms with Crippen molar-refractivity contribution in [3.05, 3.63) is 65.9 Å². The molecular formula is C24H26N6O4. The Labute approximate surface area is 196 Å². The summed E-state index contributed by atoms with van der Waals surface area (Å²) in [6, 6.07) is 7.46. The second kappa shape index (κ2) is 11.2. The molecule has 0 saturated carbocycles. The third-order valence-electron chi connectivity index (χ3n) is 5.22. The molecule has 0 fully saturated rings. The highest BCUT2D eigenvalue weighted by atomic mass is 16.5. The number of nitrogens with zero attached hydrogens (tertiary/aromatic N) is 4. The molecule has 34 heavy (non-hydrogen) atoms. The summed E-state index contributed by atoms with van der Waals surface area (Å²) >= 11 is 0. The minimum Gasteiger partial charge on any atom is -0.494 e. The third kappa shape index (κ3) is 5.83. The van der Waals surface area contributed by atoms with E-state index in [1.165, 1.54) is 0 Å². The number of aryl methyl sites for hydroxylation is 1. The van der Waals surface area contributed by atoms with Gasteiger partial charge in [-0.1, -0.05) is 41.6 Å². The minimum absolute atomic E-state index is 0.0940. The zero-order chi connectivity index (χ0) is 23.8. The maximum Gasteiger partial charge on any atom is 0.276 e. The molecule has 4 rings (SSSR count). The van der Waals surface area contributed by atoms with E-state index in [0.717, 1.165) is 16.9 Å². The molecule has 10 heteroatoms. The number of nitrogens with one attached hydrogen (secondary N) is 2. The second-order valence-electron chi connectivity index (χ2n) is 7.67. The summed E-state index contributed by atoms with van der Waals surface area (Å²) in [6.07, 6.45) is 8.66. The van der Waals surface area contributed by atoms with Crippen molar-refractivity contribution < 1.29 is 18.8 Å². The maximum atomic E-state index is 12.2. The van der Waals surface area contributed by atoms with E-state index < -0.39 is 0 Å². The molecule has 2 aliphatic rings. The van der Waals surface area contributed by atoms with Gasteiger partial charge in [0.2, 0.25) is 17.6 Å². The molecule has 2 amide bonds. The molecule has 2 aromatic rings. The van der Waals surface area contributed by atoms with E-state index in [9.17, 15) is 9.59 Å². The summed E-state index contributed by atoms with van der Waals surface area (Å²) in [5.74, 6) is 1.47. The number of aromatic nitrogens is 2. The van der Waals surface area contributed by atoms with Crippen LogP contribution in [0.2, 0.25) is 0 Å². The lowest BCUT2D eigenvalue weighted by atomic mass is 9.93. The molecule has 1 atom stereocenters. The first-order valence-corrected chi connectivity index (χ1v) is 11.2. The number of rotatable bonds is 11. The number of benzene rings is 1. The first-order valence-electron chi connectivity index (χ1n) is 11.2. The largest absolute Gasteiger partial charge is 0.494 e. The van der Waals surface area contributed by atoms with Gasteiger partial charge in [-0.3, -0.25) is 9.59 Å². The lowest BCUT2D eigenvalue weighted by Gasteiger charge is -2.20. The Bertz CT molecular complexity index is 1160. The third-order valence-corrected chi connectivity index (χ3v) is 5.22. The predicted molar refractivity (Wildman–Crippen MR) is 124 cm³/mol. The molecule has 1 aromatic carbocycles. The molecule has 0 radical (unpaired) electrons. The summed E-state index contributed by atoms with van der Waals surface area (Å²) in [4.78, 5) is 28.4. The van der Waals surface area contributed by atoms with Gasteiger partial charge in [-0.2, -0.15) is 4.98 Å². The molecule has 1 unspecified atom stereocenters. The molecule has 0 spiro atoms. The van der Waals surface area contributed by atoms with Crippen molar-refractivity contribution in [1.29, 1.82) is 0 Å². The fraction of sp³-hybridized carbons (Fsp3) is 0.333. The van der Waals surface area contributed by atoms with Gasteiger partial charge in [0.15, 0.2) is 5.82 Å². The Hall–Kier alpha value is -4.08. The number of carbonyl (C=O) groups excluding carboxylic acids is 2. The van der Waals surface area contributed by atoms with Gasteiger partial charge >= 0.3 is 0 Å². The molecule has 0 bridgehead atoms. The summed E-state index contributed by atoms with van der Waals surface area (Å²) in [7, 11) is 0. The van der Waals surface area contributed by atoms with Crippen LogP contribution < -0.4 is 15.4 Å². The van der Waals surface area contributed by atoms with Crippen LogP contribution in [0.15, 0.2) is 74.7 Å². The van der Waals surface area contributed by atoms with E-state index in [2.05, 4.69) is 31.0 Å². The number of amides is 2. The van der Waals surface area contributed by atoms with Crippen molar-refractivity contribution in [1.82, 2.24) is 20.8 Å². The molecule has 10 nitrogen and oxygen atoms in total. The SMILES string of the molecule is CCOc1cccc(-c2noc(CCC(=O)NCCCNC3=C4C=CC=CC4C(=O)N=N3)n2)c1. The fourth-order valence-electron chi connectivity index (χ4n) is 3.54. The lowest BCUT2D eigenvalue weighted by Crippen LogP contribution is -2.28. The van der Waals surface area contributed by atoms with E-state index in [4.69, 9.17) is 9.26 Å². The van der Waals surface area contributed by atoms with E-state index in [0.29, 0.717) is 50.1 Å². The highest BCUT2D eigenvalue weighted by Gasteiger charge is 2.26. The van der Waals surface area contributed by atoms with Crippen LogP contribution in [0.1, 0.15) is 25.7 Å². The molecule has 2 heterocycles.